The van der Waals surface area contributed by atoms with Crippen LogP contribution in [0, 0.1) is 0 Å². The van der Waals surface area contributed by atoms with E-state index in [-0.39, 0.29) is 6.10 Å². The predicted molar refractivity (Wildman–Crippen MR) is 54.4 cm³/mol. The number of nitrogens with zero attached hydrogens (tertiary/aromatic N) is 2. The number of nitrogens with two attached hydrogens (primary N) is 1. The molecule has 1 aliphatic carbocycles. The van der Waals surface area contributed by atoms with Crippen molar-refractivity contribution in [1.29, 1.82) is 0 Å². The zero-order chi connectivity index (χ0) is 10.7. The average Bonchev–Trinajstić information content (AvgIpc) is 2.60. The molecule has 1 aromatic heterocycles. The Kier molecular flexibility index (Phi) is 3.33. The summed E-state index contributed by atoms with van der Waals surface area (Å²) in [7, 11) is 1.64. The molecule has 1 unspecified atom stereocenters. The number of rotatable bonds is 5. The van der Waals surface area contributed by atoms with Gasteiger partial charge in [0.2, 0.25) is 5.89 Å². The Morgan fingerprint density at radius 2 is 2.40 bits per heavy atom. The molecule has 2 rings (SSSR count). The van der Waals surface area contributed by atoms with E-state index in [2.05, 4.69) is 10.1 Å². The Morgan fingerprint density at radius 1 is 1.60 bits per heavy atom. The van der Waals surface area contributed by atoms with E-state index in [4.69, 9.17) is 15.0 Å². The maximum atomic E-state index is 5.52. The molecule has 0 aromatic carbocycles. The van der Waals surface area contributed by atoms with Gasteiger partial charge in [-0.3, -0.25) is 0 Å². The van der Waals surface area contributed by atoms with E-state index in [9.17, 15) is 0 Å². The van der Waals surface area contributed by atoms with Crippen LogP contribution in [0.1, 0.15) is 36.9 Å². The molecule has 84 valence electrons. The first-order valence-electron chi connectivity index (χ1n) is 5.38. The molecular formula is C10H17N3O2. The van der Waals surface area contributed by atoms with Crippen molar-refractivity contribution in [3.05, 3.63) is 11.7 Å². The van der Waals surface area contributed by atoms with Crippen molar-refractivity contribution < 1.29 is 9.26 Å². The van der Waals surface area contributed by atoms with Crippen LogP contribution in [-0.4, -0.2) is 29.9 Å². The van der Waals surface area contributed by atoms with Crippen molar-refractivity contribution >= 4 is 0 Å². The number of methoxy groups -OCH3 is 1. The number of aromatic nitrogens is 2. The Labute approximate surface area is 89.0 Å². The van der Waals surface area contributed by atoms with Gasteiger partial charge in [-0.2, -0.15) is 4.98 Å². The van der Waals surface area contributed by atoms with Crippen LogP contribution in [-0.2, 0) is 11.2 Å². The summed E-state index contributed by atoms with van der Waals surface area (Å²) in [5.41, 5.74) is 5.52. The highest BCUT2D eigenvalue weighted by Gasteiger charge is 2.25. The van der Waals surface area contributed by atoms with Gasteiger partial charge in [0.25, 0.3) is 0 Å². The summed E-state index contributed by atoms with van der Waals surface area (Å²) in [5, 5.41) is 3.98. The highest BCUT2D eigenvalue weighted by Crippen LogP contribution is 2.34. The number of ether oxygens (including phenoxy) is 1. The zero-order valence-electron chi connectivity index (χ0n) is 8.98. The summed E-state index contributed by atoms with van der Waals surface area (Å²) >= 11 is 0. The van der Waals surface area contributed by atoms with E-state index in [0.717, 1.165) is 5.82 Å². The molecule has 2 N–H and O–H groups in total. The summed E-state index contributed by atoms with van der Waals surface area (Å²) in [6.45, 7) is 0.470. The number of hydrogen-bond acceptors (Lipinski definition) is 5. The van der Waals surface area contributed by atoms with Crippen LogP contribution in [0.4, 0.5) is 0 Å². The third-order valence-electron chi connectivity index (χ3n) is 2.95. The van der Waals surface area contributed by atoms with Gasteiger partial charge in [-0.1, -0.05) is 11.6 Å². The summed E-state index contributed by atoms with van der Waals surface area (Å²) in [6, 6.07) is 0. The topological polar surface area (TPSA) is 74.2 Å². The molecule has 0 aliphatic heterocycles. The van der Waals surface area contributed by atoms with E-state index in [1.165, 1.54) is 19.3 Å². The van der Waals surface area contributed by atoms with Crippen molar-refractivity contribution in [1.82, 2.24) is 10.1 Å². The fraction of sp³-hybridized carbons (Fsp3) is 0.800. The lowest BCUT2D eigenvalue weighted by atomic mass is 9.85. The van der Waals surface area contributed by atoms with Crippen molar-refractivity contribution in [3.8, 4) is 0 Å². The zero-order valence-corrected chi connectivity index (χ0v) is 8.98. The summed E-state index contributed by atoms with van der Waals surface area (Å²) in [5.74, 6) is 2.00. The Bertz CT molecular complexity index is 305. The normalized spacial score (nSPS) is 18.8. The van der Waals surface area contributed by atoms with Gasteiger partial charge in [-0.15, -0.1) is 0 Å². The Balaban J connectivity index is 1.94. The molecular weight excluding hydrogens is 194 g/mol. The van der Waals surface area contributed by atoms with Crippen molar-refractivity contribution in [3.63, 3.8) is 0 Å². The molecule has 15 heavy (non-hydrogen) atoms. The lowest BCUT2D eigenvalue weighted by Crippen LogP contribution is -2.24. The van der Waals surface area contributed by atoms with Crippen LogP contribution in [0.15, 0.2) is 4.52 Å². The van der Waals surface area contributed by atoms with E-state index in [0.29, 0.717) is 24.8 Å². The first kappa shape index (κ1) is 10.6. The van der Waals surface area contributed by atoms with Crippen molar-refractivity contribution in [2.24, 2.45) is 5.73 Å². The molecule has 1 atom stereocenters. The van der Waals surface area contributed by atoms with Gasteiger partial charge < -0.3 is 15.0 Å². The van der Waals surface area contributed by atoms with E-state index in [1.807, 2.05) is 0 Å². The summed E-state index contributed by atoms with van der Waals surface area (Å²) < 4.78 is 10.3. The van der Waals surface area contributed by atoms with Gasteiger partial charge in [0.15, 0.2) is 5.82 Å². The van der Waals surface area contributed by atoms with Gasteiger partial charge in [-0.25, -0.2) is 0 Å². The van der Waals surface area contributed by atoms with Gasteiger partial charge in [0.1, 0.15) is 0 Å². The molecule has 0 saturated heterocycles. The maximum absolute atomic E-state index is 5.52. The second-order valence-electron chi connectivity index (χ2n) is 3.97. The third kappa shape index (κ3) is 2.35. The highest BCUT2D eigenvalue weighted by atomic mass is 16.5. The SMILES string of the molecule is COC(CN)Cc1nc(C2CCC2)no1. The summed E-state index contributed by atoms with van der Waals surface area (Å²) in [6.07, 6.45) is 4.22. The minimum absolute atomic E-state index is 0.0281. The fourth-order valence-electron chi connectivity index (χ4n) is 1.64. The lowest BCUT2D eigenvalue weighted by molar-refractivity contribution is 0.102. The number of hydrogen-bond donors (Lipinski definition) is 1. The van der Waals surface area contributed by atoms with E-state index < -0.39 is 0 Å². The lowest BCUT2D eigenvalue weighted by Gasteiger charge is -2.20. The molecule has 1 heterocycles. The van der Waals surface area contributed by atoms with Crippen LogP contribution in [0.25, 0.3) is 0 Å². The van der Waals surface area contributed by atoms with Crippen molar-refractivity contribution in [2.75, 3.05) is 13.7 Å². The largest absolute Gasteiger partial charge is 0.380 e. The smallest absolute Gasteiger partial charge is 0.229 e. The molecule has 5 nitrogen and oxygen atoms in total. The molecule has 0 bridgehead atoms. The minimum atomic E-state index is -0.0281. The van der Waals surface area contributed by atoms with E-state index >= 15 is 0 Å². The predicted octanol–water partition coefficient (Wildman–Crippen LogP) is 0.853. The molecule has 0 amide bonds. The molecule has 1 saturated carbocycles. The quantitative estimate of drug-likeness (QED) is 0.781. The van der Waals surface area contributed by atoms with Crippen LogP contribution in [0.3, 0.4) is 0 Å². The molecule has 1 aliphatic rings. The van der Waals surface area contributed by atoms with Crippen LogP contribution in [0.2, 0.25) is 0 Å². The average molecular weight is 211 g/mol. The second kappa shape index (κ2) is 4.72. The highest BCUT2D eigenvalue weighted by molar-refractivity contribution is 5.00. The fourth-order valence-corrected chi connectivity index (χ4v) is 1.64. The Hall–Kier alpha value is -0.940. The first-order chi connectivity index (χ1) is 7.33. The van der Waals surface area contributed by atoms with Gasteiger partial charge >= 0.3 is 0 Å². The molecule has 1 aromatic rings. The van der Waals surface area contributed by atoms with E-state index in [1.54, 1.807) is 7.11 Å². The standard InChI is InChI=1S/C10H17N3O2/c1-14-8(6-11)5-9-12-10(13-15-9)7-3-2-4-7/h7-8H,2-6,11H2,1H3. The summed E-state index contributed by atoms with van der Waals surface area (Å²) in [4.78, 5) is 4.35. The molecule has 1 fully saturated rings. The second-order valence-corrected chi connectivity index (χ2v) is 3.97. The Morgan fingerprint density at radius 3 is 2.93 bits per heavy atom. The van der Waals surface area contributed by atoms with Gasteiger partial charge in [0, 0.05) is 19.6 Å². The molecule has 0 spiro atoms. The van der Waals surface area contributed by atoms with Gasteiger partial charge in [0.05, 0.1) is 12.5 Å². The third-order valence-corrected chi connectivity index (χ3v) is 2.95. The minimum Gasteiger partial charge on any atom is -0.380 e. The molecule has 5 heteroatoms. The van der Waals surface area contributed by atoms with Gasteiger partial charge in [-0.05, 0) is 12.8 Å². The monoisotopic (exact) mass is 211 g/mol. The van der Waals surface area contributed by atoms with Crippen LogP contribution in [0.5, 0.6) is 0 Å². The first-order valence-corrected chi connectivity index (χ1v) is 5.38. The van der Waals surface area contributed by atoms with Crippen LogP contribution < -0.4 is 5.73 Å². The van der Waals surface area contributed by atoms with Crippen LogP contribution >= 0.6 is 0 Å². The van der Waals surface area contributed by atoms with Crippen molar-refractivity contribution in [2.45, 2.75) is 37.7 Å². The molecule has 0 radical (unpaired) electrons. The maximum Gasteiger partial charge on any atom is 0.229 e.